The normalized spacial score (nSPS) is 10.3. The molecule has 7 heteroatoms. The Morgan fingerprint density at radius 1 is 1.26 bits per heavy atom. The summed E-state index contributed by atoms with van der Waals surface area (Å²) in [5.74, 6) is -0.207. The highest BCUT2D eigenvalue weighted by atomic mass is 16.5. The predicted octanol–water partition coefficient (Wildman–Crippen LogP) is 2.17. The van der Waals surface area contributed by atoms with Crippen molar-refractivity contribution in [3.05, 3.63) is 41.2 Å². The molecule has 0 atom stereocenters. The fourth-order valence-corrected chi connectivity index (χ4v) is 2.19. The van der Waals surface area contributed by atoms with E-state index in [4.69, 9.17) is 9.47 Å². The molecule has 0 saturated carbocycles. The molecule has 0 radical (unpaired) electrons. The van der Waals surface area contributed by atoms with E-state index in [9.17, 15) is 9.59 Å². The number of carbonyl (C=O) groups is 2. The zero-order valence-corrected chi connectivity index (χ0v) is 13.5. The van der Waals surface area contributed by atoms with E-state index in [1.807, 2.05) is 6.92 Å². The minimum absolute atomic E-state index is 0.198. The van der Waals surface area contributed by atoms with Crippen molar-refractivity contribution >= 4 is 17.6 Å². The number of nitrogens with zero attached hydrogens (tertiary/aromatic N) is 2. The van der Waals surface area contributed by atoms with Crippen LogP contribution < -0.4 is 10.1 Å². The number of aromatic nitrogens is 2. The van der Waals surface area contributed by atoms with Crippen LogP contribution in [0, 0.1) is 6.92 Å². The van der Waals surface area contributed by atoms with Gasteiger partial charge in [-0.05, 0) is 38.1 Å². The highest BCUT2D eigenvalue weighted by Gasteiger charge is 2.22. The number of benzene rings is 1. The van der Waals surface area contributed by atoms with Crippen LogP contribution >= 0.6 is 0 Å². The van der Waals surface area contributed by atoms with Gasteiger partial charge in [0.25, 0.3) is 5.91 Å². The van der Waals surface area contributed by atoms with E-state index in [2.05, 4.69) is 10.4 Å². The van der Waals surface area contributed by atoms with Crippen molar-refractivity contribution in [2.24, 2.45) is 7.05 Å². The van der Waals surface area contributed by atoms with Crippen molar-refractivity contribution in [2.45, 2.75) is 13.8 Å². The first-order valence-corrected chi connectivity index (χ1v) is 7.14. The highest BCUT2D eigenvalue weighted by Crippen LogP contribution is 2.22. The van der Waals surface area contributed by atoms with Gasteiger partial charge < -0.3 is 14.8 Å². The maximum absolute atomic E-state index is 12.4. The molecular weight excluding hydrogens is 298 g/mol. The van der Waals surface area contributed by atoms with Gasteiger partial charge in [-0.1, -0.05) is 0 Å². The van der Waals surface area contributed by atoms with E-state index >= 15 is 0 Å². The van der Waals surface area contributed by atoms with Gasteiger partial charge in [0.2, 0.25) is 0 Å². The first kappa shape index (κ1) is 16.5. The lowest BCUT2D eigenvalue weighted by atomic mass is 10.2. The summed E-state index contributed by atoms with van der Waals surface area (Å²) >= 11 is 0. The molecule has 0 saturated heterocycles. The van der Waals surface area contributed by atoms with Crippen molar-refractivity contribution in [1.29, 1.82) is 0 Å². The van der Waals surface area contributed by atoms with Crippen LogP contribution in [0.4, 0.5) is 5.69 Å². The van der Waals surface area contributed by atoms with Crippen LogP contribution in [-0.4, -0.2) is 35.4 Å². The van der Waals surface area contributed by atoms with Crippen molar-refractivity contribution in [1.82, 2.24) is 9.78 Å². The van der Waals surface area contributed by atoms with Gasteiger partial charge in [0.1, 0.15) is 5.75 Å². The predicted molar refractivity (Wildman–Crippen MR) is 84.8 cm³/mol. The first-order valence-electron chi connectivity index (χ1n) is 7.14. The molecule has 1 amide bonds. The van der Waals surface area contributed by atoms with Crippen LogP contribution in [0.5, 0.6) is 5.75 Å². The number of ether oxygens (including phenoxy) is 2. The fraction of sp³-hybridized carbons (Fsp3) is 0.312. The summed E-state index contributed by atoms with van der Waals surface area (Å²) in [4.78, 5) is 24.2. The molecule has 0 aliphatic rings. The number of carbonyl (C=O) groups excluding carboxylic acids is 2. The largest absolute Gasteiger partial charge is 0.494 e. The summed E-state index contributed by atoms with van der Waals surface area (Å²) in [7, 11) is 2.90. The lowest BCUT2D eigenvalue weighted by Gasteiger charge is -2.08. The van der Waals surface area contributed by atoms with Crippen molar-refractivity contribution < 1.29 is 19.1 Å². The van der Waals surface area contributed by atoms with Gasteiger partial charge >= 0.3 is 5.97 Å². The van der Waals surface area contributed by atoms with Crippen LogP contribution in [0.2, 0.25) is 0 Å². The lowest BCUT2D eigenvalue weighted by molar-refractivity contribution is 0.0589. The Balaban J connectivity index is 2.25. The number of amides is 1. The molecule has 0 unspecified atom stereocenters. The smallest absolute Gasteiger partial charge is 0.358 e. The minimum Gasteiger partial charge on any atom is -0.494 e. The second-order valence-electron chi connectivity index (χ2n) is 4.84. The van der Waals surface area contributed by atoms with E-state index in [-0.39, 0.29) is 11.6 Å². The zero-order chi connectivity index (χ0) is 17.0. The van der Waals surface area contributed by atoms with Gasteiger partial charge in [0.15, 0.2) is 5.69 Å². The number of anilines is 1. The summed E-state index contributed by atoms with van der Waals surface area (Å²) < 4.78 is 11.5. The van der Waals surface area contributed by atoms with Crippen molar-refractivity contribution in [2.75, 3.05) is 19.0 Å². The van der Waals surface area contributed by atoms with Gasteiger partial charge in [-0.25, -0.2) is 4.79 Å². The summed E-state index contributed by atoms with van der Waals surface area (Å²) in [5.41, 5.74) is 1.53. The number of aryl methyl sites for hydroxylation is 2. The van der Waals surface area contributed by atoms with Gasteiger partial charge in [0, 0.05) is 12.6 Å². The third-order valence-corrected chi connectivity index (χ3v) is 3.27. The quantitative estimate of drug-likeness (QED) is 0.855. The Labute approximate surface area is 134 Å². The summed E-state index contributed by atoms with van der Waals surface area (Å²) in [6, 6.07) is 6.75. The molecule has 0 aliphatic carbocycles. The third-order valence-electron chi connectivity index (χ3n) is 3.27. The van der Waals surface area contributed by atoms with E-state index in [0.29, 0.717) is 29.3 Å². The van der Waals surface area contributed by atoms with Crippen LogP contribution in [0.3, 0.4) is 0 Å². The Kier molecular flexibility index (Phi) is 5.00. The minimum atomic E-state index is -0.560. The maximum Gasteiger partial charge on any atom is 0.358 e. The molecular formula is C16H19N3O4. The lowest BCUT2D eigenvalue weighted by Crippen LogP contribution is -2.16. The zero-order valence-electron chi connectivity index (χ0n) is 13.5. The van der Waals surface area contributed by atoms with Gasteiger partial charge in [-0.3, -0.25) is 9.48 Å². The second kappa shape index (κ2) is 6.95. The van der Waals surface area contributed by atoms with E-state index in [1.165, 1.54) is 11.8 Å². The number of nitrogens with one attached hydrogen (secondary N) is 1. The number of hydrogen-bond acceptors (Lipinski definition) is 5. The molecule has 23 heavy (non-hydrogen) atoms. The molecule has 1 aromatic heterocycles. The van der Waals surface area contributed by atoms with Gasteiger partial charge in [-0.15, -0.1) is 0 Å². The molecule has 1 N–H and O–H groups in total. The summed E-state index contributed by atoms with van der Waals surface area (Å²) in [6.07, 6.45) is 0. The fourth-order valence-electron chi connectivity index (χ4n) is 2.19. The summed E-state index contributed by atoms with van der Waals surface area (Å²) in [5, 5.41) is 6.87. The van der Waals surface area contributed by atoms with E-state index in [0.717, 1.165) is 0 Å². The van der Waals surface area contributed by atoms with Crippen LogP contribution in [0.1, 0.15) is 33.5 Å². The average Bonchev–Trinajstić information content (AvgIpc) is 2.81. The first-order chi connectivity index (χ1) is 11.0. The monoisotopic (exact) mass is 317 g/mol. The second-order valence-corrected chi connectivity index (χ2v) is 4.84. The van der Waals surface area contributed by atoms with E-state index in [1.54, 1.807) is 38.2 Å². The average molecular weight is 317 g/mol. The molecule has 122 valence electrons. The molecule has 0 spiro atoms. The molecule has 1 heterocycles. The highest BCUT2D eigenvalue weighted by molar-refractivity contribution is 6.08. The Morgan fingerprint density at radius 2 is 1.91 bits per heavy atom. The Morgan fingerprint density at radius 3 is 2.48 bits per heavy atom. The van der Waals surface area contributed by atoms with Crippen molar-refractivity contribution in [3.8, 4) is 5.75 Å². The SMILES string of the molecule is CCOc1ccc(C(=O)Nc2c(C)nn(C)c2C(=O)OC)cc1. The van der Waals surface area contributed by atoms with Crippen LogP contribution in [0.15, 0.2) is 24.3 Å². The molecule has 0 fully saturated rings. The molecule has 0 aliphatic heterocycles. The molecule has 7 nitrogen and oxygen atoms in total. The number of methoxy groups -OCH3 is 1. The third kappa shape index (κ3) is 3.50. The van der Waals surface area contributed by atoms with Crippen molar-refractivity contribution in [3.63, 3.8) is 0 Å². The molecule has 1 aromatic carbocycles. The molecule has 2 aromatic rings. The molecule has 2 rings (SSSR count). The summed E-state index contributed by atoms with van der Waals surface area (Å²) in [6.45, 7) is 4.16. The van der Waals surface area contributed by atoms with Crippen LogP contribution in [0.25, 0.3) is 0 Å². The number of rotatable bonds is 5. The van der Waals surface area contributed by atoms with Gasteiger partial charge in [-0.2, -0.15) is 5.10 Å². The molecule has 0 bridgehead atoms. The standard InChI is InChI=1S/C16H19N3O4/c1-5-23-12-8-6-11(7-9-12)15(20)17-13-10(2)18-19(3)14(13)16(21)22-4/h6-9H,5H2,1-4H3,(H,17,20). The topological polar surface area (TPSA) is 82.5 Å². The number of esters is 1. The number of hydrogen-bond donors (Lipinski definition) is 1. The van der Waals surface area contributed by atoms with E-state index < -0.39 is 5.97 Å². The Hall–Kier alpha value is -2.83. The maximum atomic E-state index is 12.4. The van der Waals surface area contributed by atoms with Crippen LogP contribution in [-0.2, 0) is 11.8 Å². The Bertz CT molecular complexity index is 720. The van der Waals surface area contributed by atoms with Gasteiger partial charge in [0.05, 0.1) is 25.1 Å².